The number of nitrogens with zero attached hydrogens (tertiary/aromatic N) is 2. The highest BCUT2D eigenvalue weighted by Gasteiger charge is 2.13. The lowest BCUT2D eigenvalue weighted by Gasteiger charge is -2.18. The van der Waals surface area contributed by atoms with E-state index in [4.69, 9.17) is 0 Å². The van der Waals surface area contributed by atoms with E-state index in [0.29, 0.717) is 6.04 Å². The van der Waals surface area contributed by atoms with Crippen LogP contribution in [0.1, 0.15) is 76.9 Å². The molecular formula is C16H31N3. The molecule has 0 aliphatic heterocycles. The number of rotatable bonds is 11. The predicted molar refractivity (Wildman–Crippen MR) is 82.2 cm³/mol. The molecule has 19 heavy (non-hydrogen) atoms. The summed E-state index contributed by atoms with van der Waals surface area (Å²) in [6.07, 6.45) is 12.5. The molecule has 1 N–H and O–H groups in total. The van der Waals surface area contributed by atoms with E-state index in [2.05, 4.69) is 30.3 Å². The molecule has 0 aliphatic rings. The molecule has 0 saturated carbocycles. The van der Waals surface area contributed by atoms with Gasteiger partial charge >= 0.3 is 0 Å². The molecule has 110 valence electrons. The van der Waals surface area contributed by atoms with Gasteiger partial charge in [-0.05, 0) is 25.5 Å². The van der Waals surface area contributed by atoms with Gasteiger partial charge in [0, 0.05) is 19.3 Å². The third kappa shape index (κ3) is 6.24. The lowest BCUT2D eigenvalue weighted by atomic mass is 10.0. The molecule has 1 atom stereocenters. The highest BCUT2D eigenvalue weighted by Crippen LogP contribution is 2.19. The normalized spacial score (nSPS) is 12.8. The maximum Gasteiger partial charge on any atom is 0.0550 e. The van der Waals surface area contributed by atoms with E-state index in [9.17, 15) is 0 Å². The Morgan fingerprint density at radius 2 is 1.84 bits per heavy atom. The molecule has 0 radical (unpaired) electrons. The summed E-state index contributed by atoms with van der Waals surface area (Å²) in [4.78, 5) is 0. The van der Waals surface area contributed by atoms with Crippen molar-refractivity contribution in [2.45, 2.75) is 71.3 Å². The Labute approximate surface area is 118 Å². The molecule has 0 amide bonds. The molecule has 0 fully saturated rings. The molecule has 0 aliphatic carbocycles. The van der Waals surface area contributed by atoms with Crippen LogP contribution in [-0.4, -0.2) is 16.3 Å². The first kappa shape index (κ1) is 16.2. The van der Waals surface area contributed by atoms with Gasteiger partial charge in [-0.3, -0.25) is 4.68 Å². The summed E-state index contributed by atoms with van der Waals surface area (Å²) in [5.74, 6) is 0. The monoisotopic (exact) mass is 265 g/mol. The number of hydrogen-bond acceptors (Lipinski definition) is 2. The maximum atomic E-state index is 4.29. The second-order valence-corrected chi connectivity index (χ2v) is 5.44. The quantitative estimate of drug-likeness (QED) is 0.607. The Bertz CT molecular complexity index is 320. The van der Waals surface area contributed by atoms with Gasteiger partial charge in [0.05, 0.1) is 5.69 Å². The maximum absolute atomic E-state index is 4.29. The average molecular weight is 265 g/mol. The Balaban J connectivity index is 2.32. The Hall–Kier alpha value is -0.830. The minimum Gasteiger partial charge on any atom is -0.309 e. The number of nitrogens with one attached hydrogen (secondary N) is 1. The minimum absolute atomic E-state index is 0.471. The highest BCUT2D eigenvalue weighted by atomic mass is 15.3. The second kappa shape index (κ2) is 10.0. The van der Waals surface area contributed by atoms with Crippen molar-refractivity contribution in [2.24, 2.45) is 7.05 Å². The van der Waals surface area contributed by atoms with E-state index in [1.807, 2.05) is 17.9 Å². The van der Waals surface area contributed by atoms with Crippen LogP contribution in [-0.2, 0) is 7.05 Å². The molecule has 3 nitrogen and oxygen atoms in total. The fraction of sp³-hybridized carbons (Fsp3) is 0.812. The summed E-state index contributed by atoms with van der Waals surface area (Å²) >= 11 is 0. The van der Waals surface area contributed by atoms with E-state index in [1.54, 1.807) is 0 Å². The molecule has 1 aromatic rings. The highest BCUT2D eigenvalue weighted by molar-refractivity contribution is 5.06. The smallest absolute Gasteiger partial charge is 0.0550 e. The van der Waals surface area contributed by atoms with Crippen molar-refractivity contribution in [3.8, 4) is 0 Å². The van der Waals surface area contributed by atoms with Gasteiger partial charge in [0.2, 0.25) is 0 Å². The van der Waals surface area contributed by atoms with Crippen LogP contribution >= 0.6 is 0 Å². The van der Waals surface area contributed by atoms with Gasteiger partial charge in [0.15, 0.2) is 0 Å². The fourth-order valence-electron chi connectivity index (χ4n) is 2.53. The van der Waals surface area contributed by atoms with Crippen molar-refractivity contribution in [1.29, 1.82) is 0 Å². The first-order valence-corrected chi connectivity index (χ1v) is 8.00. The van der Waals surface area contributed by atoms with Crippen LogP contribution in [0.5, 0.6) is 0 Å². The molecule has 1 unspecified atom stereocenters. The topological polar surface area (TPSA) is 29.9 Å². The summed E-state index contributed by atoms with van der Waals surface area (Å²) in [6, 6.07) is 2.61. The van der Waals surface area contributed by atoms with Crippen molar-refractivity contribution in [3.63, 3.8) is 0 Å². The van der Waals surface area contributed by atoms with Crippen molar-refractivity contribution in [3.05, 3.63) is 18.0 Å². The van der Waals surface area contributed by atoms with Crippen LogP contribution in [0.3, 0.4) is 0 Å². The third-order valence-corrected chi connectivity index (χ3v) is 3.70. The van der Waals surface area contributed by atoms with E-state index in [-0.39, 0.29) is 0 Å². The van der Waals surface area contributed by atoms with Gasteiger partial charge in [-0.25, -0.2) is 0 Å². The van der Waals surface area contributed by atoms with Crippen LogP contribution < -0.4 is 5.32 Å². The summed E-state index contributed by atoms with van der Waals surface area (Å²) in [7, 11) is 2.04. The molecule has 1 aromatic heterocycles. The summed E-state index contributed by atoms with van der Waals surface area (Å²) in [5.41, 5.74) is 1.32. The zero-order chi connectivity index (χ0) is 13.9. The number of aryl methyl sites for hydroxylation is 1. The zero-order valence-electron chi connectivity index (χ0n) is 13.0. The van der Waals surface area contributed by atoms with E-state index in [0.717, 1.165) is 6.54 Å². The lowest BCUT2D eigenvalue weighted by molar-refractivity contribution is 0.443. The van der Waals surface area contributed by atoms with Crippen LogP contribution in [0.2, 0.25) is 0 Å². The molecule has 1 heterocycles. The van der Waals surface area contributed by atoms with Crippen molar-refractivity contribution in [2.75, 3.05) is 6.54 Å². The molecule has 0 saturated heterocycles. The molecule has 0 spiro atoms. The number of hydrogen-bond donors (Lipinski definition) is 1. The first-order valence-electron chi connectivity index (χ1n) is 8.00. The fourth-order valence-corrected chi connectivity index (χ4v) is 2.53. The number of unbranched alkanes of at least 4 members (excludes halogenated alkanes) is 5. The number of aromatic nitrogens is 2. The molecule has 3 heteroatoms. The molecule has 0 aromatic carbocycles. The van der Waals surface area contributed by atoms with Gasteiger partial charge in [-0.2, -0.15) is 5.10 Å². The summed E-state index contributed by atoms with van der Waals surface area (Å²) < 4.78 is 2.00. The van der Waals surface area contributed by atoms with Crippen molar-refractivity contribution in [1.82, 2.24) is 15.1 Å². The SMILES string of the molecule is CCCCCCCCC(NCCC)c1ccnn1C. The molecular weight excluding hydrogens is 234 g/mol. The minimum atomic E-state index is 0.471. The Morgan fingerprint density at radius 1 is 1.11 bits per heavy atom. The molecule has 1 rings (SSSR count). The summed E-state index contributed by atoms with van der Waals surface area (Å²) in [5, 5.41) is 7.94. The average Bonchev–Trinajstić information content (AvgIpc) is 2.83. The van der Waals surface area contributed by atoms with Crippen LogP contribution in [0.25, 0.3) is 0 Å². The zero-order valence-corrected chi connectivity index (χ0v) is 13.0. The second-order valence-electron chi connectivity index (χ2n) is 5.44. The third-order valence-electron chi connectivity index (χ3n) is 3.70. The van der Waals surface area contributed by atoms with Crippen molar-refractivity contribution < 1.29 is 0 Å². The lowest BCUT2D eigenvalue weighted by Crippen LogP contribution is -2.24. The standard InChI is InChI=1S/C16H31N3/c1-4-6-7-8-9-10-11-15(17-13-5-2)16-12-14-18-19(16)3/h12,14-15,17H,4-11,13H2,1-3H3. The Morgan fingerprint density at radius 3 is 2.47 bits per heavy atom. The van der Waals surface area contributed by atoms with Gasteiger partial charge in [-0.1, -0.05) is 52.4 Å². The van der Waals surface area contributed by atoms with Gasteiger partial charge in [0.25, 0.3) is 0 Å². The van der Waals surface area contributed by atoms with E-state index in [1.165, 1.54) is 57.1 Å². The summed E-state index contributed by atoms with van der Waals surface area (Å²) in [6.45, 7) is 5.58. The van der Waals surface area contributed by atoms with Gasteiger partial charge < -0.3 is 5.32 Å². The largest absolute Gasteiger partial charge is 0.309 e. The first-order chi connectivity index (χ1) is 9.29. The Kier molecular flexibility index (Phi) is 8.55. The van der Waals surface area contributed by atoms with Crippen LogP contribution in [0, 0.1) is 0 Å². The van der Waals surface area contributed by atoms with Gasteiger partial charge in [0.1, 0.15) is 0 Å². The van der Waals surface area contributed by atoms with E-state index >= 15 is 0 Å². The van der Waals surface area contributed by atoms with Crippen molar-refractivity contribution >= 4 is 0 Å². The van der Waals surface area contributed by atoms with Gasteiger partial charge in [-0.15, -0.1) is 0 Å². The predicted octanol–water partition coefficient (Wildman–Crippen LogP) is 4.21. The van der Waals surface area contributed by atoms with Crippen LogP contribution in [0.4, 0.5) is 0 Å². The van der Waals surface area contributed by atoms with Crippen LogP contribution in [0.15, 0.2) is 12.3 Å². The molecule has 0 bridgehead atoms. The van der Waals surface area contributed by atoms with E-state index < -0.39 is 0 Å².